The molecule has 3 heteroatoms. The fourth-order valence-corrected chi connectivity index (χ4v) is 4.75. The molecule has 0 fully saturated rings. The highest BCUT2D eigenvalue weighted by atomic mass is 16.5. The van der Waals surface area contributed by atoms with Gasteiger partial charge in [0.05, 0.1) is 6.67 Å². The van der Waals surface area contributed by atoms with E-state index in [0.29, 0.717) is 6.61 Å². The normalized spacial score (nSPS) is 11.5. The summed E-state index contributed by atoms with van der Waals surface area (Å²) < 4.78 is 6.13. The van der Waals surface area contributed by atoms with E-state index in [1.54, 1.807) is 12.2 Å². The Balaban J connectivity index is 0.00000106. The van der Waals surface area contributed by atoms with Gasteiger partial charge < -0.3 is 10.1 Å². The lowest BCUT2D eigenvalue weighted by atomic mass is 10.1. The molecule has 254 valence electrons. The van der Waals surface area contributed by atoms with Crippen molar-refractivity contribution >= 4 is 5.69 Å². The number of allylic oxidation sites excluding steroid dienone is 3. The third-order valence-electron chi connectivity index (χ3n) is 7.14. The monoisotopic (exact) mass is 627 g/mol. The maximum atomic E-state index is 6.13. The van der Waals surface area contributed by atoms with Gasteiger partial charge in [-0.15, -0.1) is 19.7 Å². The SMILES string of the molecule is C=C(C)CCC(C)C.C=CC.C=CC.CC.CCc1c(C)cccc1OCc1ccc(CN2CCc3cc(C)ccc3NC2)cc1. The van der Waals surface area contributed by atoms with Crippen molar-refractivity contribution in [2.45, 2.75) is 108 Å². The summed E-state index contributed by atoms with van der Waals surface area (Å²) in [6.45, 7) is 34.9. The minimum absolute atomic E-state index is 0.608. The summed E-state index contributed by atoms with van der Waals surface area (Å²) in [7, 11) is 0. The van der Waals surface area contributed by atoms with Gasteiger partial charge in [0.15, 0.2) is 0 Å². The number of nitrogens with zero attached hydrogens (tertiary/aromatic N) is 1. The molecule has 0 amide bonds. The van der Waals surface area contributed by atoms with E-state index in [0.717, 1.165) is 44.3 Å². The molecule has 3 nitrogen and oxygen atoms in total. The van der Waals surface area contributed by atoms with Gasteiger partial charge in [-0.25, -0.2) is 0 Å². The average Bonchev–Trinajstić information content (AvgIpc) is 3.23. The zero-order valence-electron chi connectivity index (χ0n) is 31.1. The summed E-state index contributed by atoms with van der Waals surface area (Å²) in [5.74, 6) is 1.83. The van der Waals surface area contributed by atoms with Crippen LogP contribution in [0.5, 0.6) is 5.75 Å². The number of rotatable bonds is 9. The van der Waals surface area contributed by atoms with Crippen molar-refractivity contribution in [2.24, 2.45) is 5.92 Å². The molecule has 46 heavy (non-hydrogen) atoms. The van der Waals surface area contributed by atoms with Crippen molar-refractivity contribution in [1.82, 2.24) is 4.90 Å². The summed E-state index contributed by atoms with van der Waals surface area (Å²) in [4.78, 5) is 2.47. The van der Waals surface area contributed by atoms with E-state index in [1.165, 1.54) is 57.5 Å². The summed E-state index contributed by atoms with van der Waals surface area (Å²) in [5.41, 5.74) is 10.5. The molecule has 0 unspecified atom stereocenters. The van der Waals surface area contributed by atoms with Crippen molar-refractivity contribution in [3.05, 3.63) is 132 Å². The highest BCUT2D eigenvalue weighted by molar-refractivity contribution is 5.53. The molecule has 0 aliphatic carbocycles. The third kappa shape index (κ3) is 17.8. The number of hydrogen-bond acceptors (Lipinski definition) is 3. The number of hydrogen-bond donors (Lipinski definition) is 1. The predicted octanol–water partition coefficient (Wildman–Crippen LogP) is 12.3. The lowest BCUT2D eigenvalue weighted by Gasteiger charge is -2.20. The van der Waals surface area contributed by atoms with E-state index in [4.69, 9.17) is 4.74 Å². The Morgan fingerprint density at radius 3 is 2.11 bits per heavy atom. The van der Waals surface area contributed by atoms with E-state index in [2.05, 4.69) is 132 Å². The molecule has 1 aliphatic heterocycles. The summed E-state index contributed by atoms with van der Waals surface area (Å²) in [6.07, 6.45) is 8.06. The second kappa shape index (κ2) is 25.6. The fourth-order valence-electron chi connectivity index (χ4n) is 4.75. The third-order valence-corrected chi connectivity index (χ3v) is 7.14. The van der Waals surface area contributed by atoms with Crippen LogP contribution in [0.2, 0.25) is 0 Å². The Labute approximate surface area is 284 Å². The van der Waals surface area contributed by atoms with Crippen molar-refractivity contribution in [3.63, 3.8) is 0 Å². The summed E-state index contributed by atoms with van der Waals surface area (Å²) in [6, 6.07) is 21.9. The van der Waals surface area contributed by atoms with Gasteiger partial charge in [0.25, 0.3) is 0 Å². The highest BCUT2D eigenvalue weighted by Gasteiger charge is 2.14. The van der Waals surface area contributed by atoms with E-state index >= 15 is 0 Å². The molecular formula is C43H66N2O. The average molecular weight is 627 g/mol. The van der Waals surface area contributed by atoms with Gasteiger partial charge in [0, 0.05) is 18.8 Å². The van der Waals surface area contributed by atoms with Crippen LogP contribution < -0.4 is 10.1 Å². The van der Waals surface area contributed by atoms with Gasteiger partial charge in [0.2, 0.25) is 0 Å². The van der Waals surface area contributed by atoms with Gasteiger partial charge in [-0.2, -0.15) is 0 Å². The molecule has 4 rings (SSSR count). The van der Waals surface area contributed by atoms with Crippen LogP contribution in [0.15, 0.2) is 98.1 Å². The van der Waals surface area contributed by atoms with Crippen LogP contribution in [0.25, 0.3) is 0 Å². The van der Waals surface area contributed by atoms with E-state index in [9.17, 15) is 0 Å². The zero-order valence-corrected chi connectivity index (χ0v) is 31.1. The van der Waals surface area contributed by atoms with Crippen molar-refractivity contribution in [1.29, 1.82) is 0 Å². The smallest absolute Gasteiger partial charge is 0.123 e. The molecule has 0 saturated heterocycles. The van der Waals surface area contributed by atoms with Crippen LogP contribution >= 0.6 is 0 Å². The number of aryl methyl sites for hydroxylation is 2. The van der Waals surface area contributed by atoms with E-state index < -0.39 is 0 Å². The molecule has 0 aromatic heterocycles. The zero-order chi connectivity index (χ0) is 34.9. The Morgan fingerprint density at radius 1 is 0.957 bits per heavy atom. The fraction of sp³-hybridized carbons (Fsp3) is 0.442. The molecule has 0 atom stereocenters. The molecule has 1 N–H and O–H groups in total. The molecular weight excluding hydrogens is 560 g/mol. The van der Waals surface area contributed by atoms with Gasteiger partial charge in [-0.05, 0) is 106 Å². The standard InChI is InChI=1S/C27H32N2O.C8H16.2C3H6.C2H6/c1-4-25-21(3)6-5-7-27(25)30-18-23-11-9-22(10-12-23)17-29-15-14-24-16-20(2)8-13-26(24)28-19-29;1-7(2)5-6-8(3)4;2*1-3-2;1-2/h5-13,16,28H,4,14-15,17-19H2,1-3H3;8H,1,5-6H2,2-4H3;2*3H,1H2,2H3;1-2H3. The molecule has 1 heterocycles. The molecule has 0 bridgehead atoms. The first-order chi connectivity index (χ1) is 22.1. The maximum Gasteiger partial charge on any atom is 0.123 e. The van der Waals surface area contributed by atoms with E-state index in [-0.39, 0.29) is 0 Å². The first-order valence-corrected chi connectivity index (χ1v) is 17.2. The molecule has 0 radical (unpaired) electrons. The Morgan fingerprint density at radius 2 is 1.57 bits per heavy atom. The lowest BCUT2D eigenvalue weighted by Crippen LogP contribution is -2.28. The second-order valence-electron chi connectivity index (χ2n) is 12.0. The second-order valence-corrected chi connectivity index (χ2v) is 12.0. The van der Waals surface area contributed by atoms with Crippen LogP contribution in [0.4, 0.5) is 5.69 Å². The van der Waals surface area contributed by atoms with Crippen LogP contribution in [-0.4, -0.2) is 18.1 Å². The quantitative estimate of drug-likeness (QED) is 0.239. The molecule has 3 aromatic rings. The Hall–Kier alpha value is -3.56. The van der Waals surface area contributed by atoms with E-state index in [1.807, 2.05) is 27.7 Å². The lowest BCUT2D eigenvalue weighted by molar-refractivity contribution is 0.292. The maximum absolute atomic E-state index is 6.13. The first-order valence-electron chi connectivity index (χ1n) is 17.2. The van der Waals surface area contributed by atoms with Gasteiger partial charge in [-0.1, -0.05) is 106 Å². The predicted molar refractivity (Wildman–Crippen MR) is 207 cm³/mol. The van der Waals surface area contributed by atoms with Gasteiger partial charge in [0.1, 0.15) is 12.4 Å². The Kier molecular flexibility index (Phi) is 23.6. The molecule has 3 aromatic carbocycles. The van der Waals surface area contributed by atoms with Crippen LogP contribution in [-0.2, 0) is 26.0 Å². The van der Waals surface area contributed by atoms with Gasteiger partial charge in [-0.3, -0.25) is 4.90 Å². The topological polar surface area (TPSA) is 24.5 Å². The van der Waals surface area contributed by atoms with Crippen molar-refractivity contribution in [2.75, 3.05) is 18.5 Å². The Bertz CT molecular complexity index is 1250. The summed E-state index contributed by atoms with van der Waals surface area (Å²) >= 11 is 0. The number of nitrogens with one attached hydrogen (secondary N) is 1. The van der Waals surface area contributed by atoms with Crippen LogP contribution in [0.1, 0.15) is 102 Å². The first kappa shape index (κ1) is 42.4. The number of fused-ring (bicyclic) bond motifs is 1. The molecule has 0 spiro atoms. The molecule has 1 aliphatic rings. The number of benzene rings is 3. The van der Waals surface area contributed by atoms with Gasteiger partial charge >= 0.3 is 0 Å². The largest absolute Gasteiger partial charge is 0.489 e. The van der Waals surface area contributed by atoms with Crippen LogP contribution in [0, 0.1) is 19.8 Å². The van der Waals surface area contributed by atoms with Crippen molar-refractivity contribution in [3.8, 4) is 5.75 Å². The highest BCUT2D eigenvalue weighted by Crippen LogP contribution is 2.24. The summed E-state index contributed by atoms with van der Waals surface area (Å²) in [5, 5.41) is 3.59. The van der Waals surface area contributed by atoms with Crippen molar-refractivity contribution < 1.29 is 4.74 Å². The number of ether oxygens (including phenoxy) is 1. The minimum Gasteiger partial charge on any atom is -0.489 e. The number of anilines is 1. The van der Waals surface area contributed by atoms with Crippen LogP contribution in [0.3, 0.4) is 0 Å². The molecule has 0 saturated carbocycles. The minimum atomic E-state index is 0.608.